The van der Waals surface area contributed by atoms with Gasteiger partial charge in [0.05, 0.1) is 19.8 Å². The Bertz CT molecular complexity index is 422. The average Bonchev–Trinajstić information content (AvgIpc) is 2.46. The molecule has 98 valence electrons. The number of rotatable bonds is 3. The minimum Gasteiger partial charge on any atom is -0.480 e. The lowest BCUT2D eigenvalue weighted by atomic mass is 10.2. The molecule has 0 aromatic carbocycles. The van der Waals surface area contributed by atoms with E-state index in [1.807, 2.05) is 0 Å². The van der Waals surface area contributed by atoms with Gasteiger partial charge in [0.25, 0.3) is 5.91 Å². The molecule has 0 saturated carbocycles. The average molecular weight is 250 g/mol. The maximum absolute atomic E-state index is 12.4. The molecule has 0 spiro atoms. The standard InChI is InChI=1S/C13H18N2O3/c1-3-10-9-15(7-8-18-10)13(16)11-5-4-6-14-12(11)17-2/h4-6,10H,3,7-9H2,1-2H3/t10-/m0/s1. The first-order valence-corrected chi connectivity index (χ1v) is 6.16. The highest BCUT2D eigenvalue weighted by molar-refractivity contribution is 5.96. The van der Waals surface area contributed by atoms with E-state index >= 15 is 0 Å². The summed E-state index contributed by atoms with van der Waals surface area (Å²) in [7, 11) is 1.52. The van der Waals surface area contributed by atoms with Crippen LogP contribution in [0.3, 0.4) is 0 Å². The van der Waals surface area contributed by atoms with Crippen LogP contribution < -0.4 is 4.74 Å². The summed E-state index contributed by atoms with van der Waals surface area (Å²) < 4.78 is 10.7. The smallest absolute Gasteiger partial charge is 0.259 e. The van der Waals surface area contributed by atoms with Gasteiger partial charge in [-0.25, -0.2) is 4.98 Å². The van der Waals surface area contributed by atoms with E-state index in [9.17, 15) is 4.79 Å². The number of ether oxygens (including phenoxy) is 2. The van der Waals surface area contributed by atoms with Crippen molar-refractivity contribution >= 4 is 5.91 Å². The van der Waals surface area contributed by atoms with E-state index in [2.05, 4.69) is 11.9 Å². The number of pyridine rings is 1. The van der Waals surface area contributed by atoms with Crippen LogP contribution in [0.1, 0.15) is 23.7 Å². The van der Waals surface area contributed by atoms with Gasteiger partial charge in [0, 0.05) is 19.3 Å². The molecule has 1 aliphatic heterocycles. The Kier molecular flexibility index (Phi) is 4.15. The molecule has 1 aromatic heterocycles. The van der Waals surface area contributed by atoms with Gasteiger partial charge in [-0.1, -0.05) is 6.92 Å². The molecule has 1 fully saturated rings. The number of hydrogen-bond acceptors (Lipinski definition) is 4. The third kappa shape index (κ3) is 2.61. The number of aromatic nitrogens is 1. The van der Waals surface area contributed by atoms with Gasteiger partial charge < -0.3 is 14.4 Å². The van der Waals surface area contributed by atoms with Gasteiger partial charge in [0.2, 0.25) is 5.88 Å². The predicted octanol–water partition coefficient (Wildman–Crippen LogP) is 1.34. The Morgan fingerprint density at radius 3 is 3.22 bits per heavy atom. The van der Waals surface area contributed by atoms with Gasteiger partial charge in [-0.05, 0) is 18.6 Å². The van der Waals surface area contributed by atoms with Gasteiger partial charge in [0.15, 0.2) is 0 Å². The van der Waals surface area contributed by atoms with Crippen molar-refractivity contribution in [3.8, 4) is 5.88 Å². The molecule has 1 aromatic rings. The Morgan fingerprint density at radius 2 is 2.50 bits per heavy atom. The fraction of sp³-hybridized carbons (Fsp3) is 0.538. The molecule has 1 atom stereocenters. The van der Waals surface area contributed by atoms with Gasteiger partial charge in [0.1, 0.15) is 5.56 Å². The Balaban J connectivity index is 2.15. The monoisotopic (exact) mass is 250 g/mol. The Morgan fingerprint density at radius 1 is 1.67 bits per heavy atom. The quantitative estimate of drug-likeness (QED) is 0.812. The fourth-order valence-corrected chi connectivity index (χ4v) is 2.04. The van der Waals surface area contributed by atoms with Gasteiger partial charge >= 0.3 is 0 Å². The minimum atomic E-state index is -0.0401. The van der Waals surface area contributed by atoms with E-state index in [-0.39, 0.29) is 12.0 Å². The van der Waals surface area contributed by atoms with Crippen LogP contribution in [0.5, 0.6) is 5.88 Å². The van der Waals surface area contributed by atoms with Gasteiger partial charge in [-0.3, -0.25) is 4.79 Å². The highest BCUT2D eigenvalue weighted by Gasteiger charge is 2.26. The first-order valence-electron chi connectivity index (χ1n) is 6.16. The fourth-order valence-electron chi connectivity index (χ4n) is 2.04. The number of morpholine rings is 1. The lowest BCUT2D eigenvalue weighted by Gasteiger charge is -2.32. The van der Waals surface area contributed by atoms with E-state index in [1.165, 1.54) is 7.11 Å². The largest absolute Gasteiger partial charge is 0.480 e. The molecule has 2 rings (SSSR count). The maximum atomic E-state index is 12.4. The van der Waals surface area contributed by atoms with Crippen LogP contribution in [0.15, 0.2) is 18.3 Å². The van der Waals surface area contributed by atoms with Crippen molar-refractivity contribution in [1.29, 1.82) is 0 Å². The lowest BCUT2D eigenvalue weighted by molar-refractivity contribution is -0.0227. The van der Waals surface area contributed by atoms with Crippen LogP contribution >= 0.6 is 0 Å². The number of nitrogens with zero attached hydrogens (tertiary/aromatic N) is 2. The number of carbonyl (C=O) groups excluding carboxylic acids is 1. The summed E-state index contributed by atoms with van der Waals surface area (Å²) in [6.07, 6.45) is 2.66. The van der Waals surface area contributed by atoms with Crippen molar-refractivity contribution in [3.63, 3.8) is 0 Å². The highest BCUT2D eigenvalue weighted by Crippen LogP contribution is 2.18. The first-order chi connectivity index (χ1) is 8.76. The summed E-state index contributed by atoms with van der Waals surface area (Å²) in [5.74, 6) is 0.337. The normalized spacial score (nSPS) is 19.7. The topological polar surface area (TPSA) is 51.7 Å². The molecule has 2 heterocycles. The van der Waals surface area contributed by atoms with Crippen molar-refractivity contribution < 1.29 is 14.3 Å². The second-order valence-corrected chi connectivity index (χ2v) is 4.21. The molecule has 5 heteroatoms. The number of carbonyl (C=O) groups is 1. The predicted molar refractivity (Wildman–Crippen MR) is 66.7 cm³/mol. The van der Waals surface area contributed by atoms with Crippen LogP contribution in [0, 0.1) is 0 Å². The maximum Gasteiger partial charge on any atom is 0.259 e. The molecule has 0 unspecified atom stereocenters. The third-order valence-electron chi connectivity index (χ3n) is 3.08. The van der Waals surface area contributed by atoms with Gasteiger partial charge in [-0.15, -0.1) is 0 Å². The van der Waals surface area contributed by atoms with Crippen molar-refractivity contribution in [2.24, 2.45) is 0 Å². The number of methoxy groups -OCH3 is 1. The lowest BCUT2D eigenvalue weighted by Crippen LogP contribution is -2.45. The zero-order chi connectivity index (χ0) is 13.0. The van der Waals surface area contributed by atoms with Crippen LogP contribution in [0.2, 0.25) is 0 Å². The molecule has 5 nitrogen and oxygen atoms in total. The van der Waals surface area contributed by atoms with Crippen molar-refractivity contribution in [2.75, 3.05) is 26.8 Å². The Hall–Kier alpha value is -1.62. The number of amides is 1. The molecule has 0 radical (unpaired) electrons. The van der Waals surface area contributed by atoms with Crippen molar-refractivity contribution in [3.05, 3.63) is 23.9 Å². The van der Waals surface area contributed by atoms with Crippen LogP contribution in [0.4, 0.5) is 0 Å². The molecule has 0 aliphatic carbocycles. The zero-order valence-electron chi connectivity index (χ0n) is 10.8. The summed E-state index contributed by atoms with van der Waals surface area (Å²) in [5.41, 5.74) is 0.511. The summed E-state index contributed by atoms with van der Waals surface area (Å²) in [6, 6.07) is 3.48. The molecular formula is C13H18N2O3. The molecule has 1 saturated heterocycles. The SMILES string of the molecule is CC[C@H]1CN(C(=O)c2cccnc2OC)CCO1. The molecule has 1 amide bonds. The van der Waals surface area contributed by atoms with E-state index in [0.29, 0.717) is 31.1 Å². The van der Waals surface area contributed by atoms with Crippen LogP contribution in [0.25, 0.3) is 0 Å². The van der Waals surface area contributed by atoms with E-state index in [0.717, 1.165) is 6.42 Å². The zero-order valence-corrected chi connectivity index (χ0v) is 10.8. The molecule has 0 bridgehead atoms. The third-order valence-corrected chi connectivity index (χ3v) is 3.08. The second-order valence-electron chi connectivity index (χ2n) is 4.21. The van der Waals surface area contributed by atoms with Crippen LogP contribution in [-0.4, -0.2) is 48.7 Å². The molecular weight excluding hydrogens is 232 g/mol. The van der Waals surface area contributed by atoms with Crippen molar-refractivity contribution in [1.82, 2.24) is 9.88 Å². The number of hydrogen-bond donors (Lipinski definition) is 0. The summed E-state index contributed by atoms with van der Waals surface area (Å²) >= 11 is 0. The summed E-state index contributed by atoms with van der Waals surface area (Å²) in [5, 5.41) is 0. The highest BCUT2D eigenvalue weighted by atomic mass is 16.5. The summed E-state index contributed by atoms with van der Waals surface area (Å²) in [4.78, 5) is 18.2. The molecule has 1 aliphatic rings. The summed E-state index contributed by atoms with van der Waals surface area (Å²) in [6.45, 7) is 3.90. The second kappa shape index (κ2) is 5.82. The first kappa shape index (κ1) is 12.8. The minimum absolute atomic E-state index is 0.0401. The van der Waals surface area contributed by atoms with E-state index < -0.39 is 0 Å². The van der Waals surface area contributed by atoms with Gasteiger partial charge in [-0.2, -0.15) is 0 Å². The molecule has 18 heavy (non-hydrogen) atoms. The van der Waals surface area contributed by atoms with Crippen molar-refractivity contribution in [2.45, 2.75) is 19.4 Å². The Labute approximate surface area is 107 Å². The van der Waals surface area contributed by atoms with Crippen LogP contribution in [-0.2, 0) is 4.74 Å². The van der Waals surface area contributed by atoms with E-state index in [4.69, 9.17) is 9.47 Å². The van der Waals surface area contributed by atoms with E-state index in [1.54, 1.807) is 23.2 Å². The molecule has 0 N–H and O–H groups in total.